The highest BCUT2D eigenvalue weighted by Gasteiger charge is 2.27. The maximum Gasteiger partial charge on any atom is 0.405 e. The number of hydrazone groups is 2. The van der Waals surface area contributed by atoms with Gasteiger partial charge in [-0.3, -0.25) is 10.9 Å². The van der Waals surface area contributed by atoms with Crippen molar-refractivity contribution in [1.82, 2.24) is 21.5 Å². The van der Waals surface area contributed by atoms with Gasteiger partial charge in [-0.2, -0.15) is 23.4 Å². The lowest BCUT2D eigenvalue weighted by Crippen LogP contribution is -2.39. The smallest absolute Gasteiger partial charge is 0.378 e. The number of hydrogen-bond donors (Lipinski definition) is 4. The first-order valence-electron chi connectivity index (χ1n) is 10.2. The Morgan fingerprint density at radius 3 is 1.79 bits per heavy atom. The van der Waals surface area contributed by atoms with Gasteiger partial charge >= 0.3 is 6.18 Å². The molecular weight excluding hydrogens is 483 g/mol. The van der Waals surface area contributed by atoms with Crippen LogP contribution < -0.4 is 26.4 Å². The Hall–Kier alpha value is -3.25. The molecule has 2 rings (SSSR count). The summed E-state index contributed by atoms with van der Waals surface area (Å²) in [6.45, 7) is 1.23. The van der Waals surface area contributed by atoms with Crippen LogP contribution in [0.1, 0.15) is 18.1 Å². The molecule has 0 aliphatic rings. The van der Waals surface area contributed by atoms with Gasteiger partial charge < -0.3 is 15.5 Å². The maximum atomic E-state index is 12.5. The maximum absolute atomic E-state index is 12.5. The number of alkyl halides is 3. The lowest BCUT2D eigenvalue weighted by Gasteiger charge is -2.16. The molecule has 34 heavy (non-hydrogen) atoms. The fourth-order valence-electron chi connectivity index (χ4n) is 2.66. The van der Waals surface area contributed by atoms with Crippen molar-refractivity contribution in [3.63, 3.8) is 0 Å². The zero-order valence-corrected chi connectivity index (χ0v) is 20.5. The van der Waals surface area contributed by atoms with Crippen molar-refractivity contribution in [2.45, 2.75) is 13.1 Å². The van der Waals surface area contributed by atoms with Crippen LogP contribution in [0, 0.1) is 0 Å². The summed E-state index contributed by atoms with van der Waals surface area (Å²) in [5.74, 6) is 0. The number of rotatable bonds is 8. The summed E-state index contributed by atoms with van der Waals surface area (Å²) in [5.41, 5.74) is 8.39. The molecule has 182 valence electrons. The van der Waals surface area contributed by atoms with Crippen LogP contribution in [0.4, 0.5) is 18.9 Å². The Balaban J connectivity index is 2.48. The molecule has 0 bridgehead atoms. The van der Waals surface area contributed by atoms with Gasteiger partial charge in [0.2, 0.25) is 0 Å². The molecular formula is C22H26F3N7S2. The number of thiocarbonyl (C=S) groups is 2. The van der Waals surface area contributed by atoms with Gasteiger partial charge in [-0.15, -0.1) is 0 Å². The normalized spacial score (nSPS) is 12.1. The van der Waals surface area contributed by atoms with E-state index < -0.39 is 12.7 Å². The fraction of sp³-hybridized carbons (Fsp3) is 0.273. The van der Waals surface area contributed by atoms with Gasteiger partial charge in [0.25, 0.3) is 0 Å². The van der Waals surface area contributed by atoms with Crippen molar-refractivity contribution in [1.29, 1.82) is 0 Å². The molecule has 0 saturated heterocycles. The van der Waals surface area contributed by atoms with E-state index in [1.165, 1.54) is 0 Å². The second kappa shape index (κ2) is 12.8. The molecule has 0 saturated carbocycles. The number of nitrogens with zero attached hydrogens (tertiary/aromatic N) is 3. The lowest BCUT2D eigenvalue weighted by atomic mass is 9.99. The van der Waals surface area contributed by atoms with E-state index in [0.717, 1.165) is 5.69 Å². The monoisotopic (exact) mass is 509 g/mol. The van der Waals surface area contributed by atoms with Gasteiger partial charge in [0.05, 0.1) is 0 Å². The molecule has 2 aromatic carbocycles. The van der Waals surface area contributed by atoms with Crippen molar-refractivity contribution in [3.05, 3.63) is 65.7 Å². The molecule has 0 heterocycles. The molecule has 0 aliphatic carbocycles. The average molecular weight is 510 g/mol. The summed E-state index contributed by atoms with van der Waals surface area (Å²) < 4.78 is 37.6. The van der Waals surface area contributed by atoms with Crippen LogP contribution in [0.2, 0.25) is 0 Å². The molecule has 0 spiro atoms. The number of halogens is 3. The molecule has 0 radical (unpaired) electrons. The standard InChI is InChI=1S/C22H26F3N7S2/c1-4-26-20(33)30-29-19(16-10-12-17(13-11-16)32(2)3)18(15-8-6-5-7-9-15)28-31-21(34)27-14-22(23,24)25/h5-13H,4,14H2,1-3H3,(H2,26,30,33)(H2,27,31,34). The molecule has 0 unspecified atom stereocenters. The van der Waals surface area contributed by atoms with E-state index in [4.69, 9.17) is 24.4 Å². The van der Waals surface area contributed by atoms with Crippen LogP contribution in [-0.4, -0.2) is 55.0 Å². The first-order chi connectivity index (χ1) is 16.1. The average Bonchev–Trinajstić information content (AvgIpc) is 2.80. The third-order valence-electron chi connectivity index (χ3n) is 4.25. The highest BCUT2D eigenvalue weighted by atomic mass is 32.1. The molecule has 0 aliphatic heterocycles. The number of hydrogen-bond acceptors (Lipinski definition) is 5. The van der Waals surface area contributed by atoms with Crippen molar-refractivity contribution in [2.75, 3.05) is 32.1 Å². The highest BCUT2D eigenvalue weighted by molar-refractivity contribution is 7.80. The first kappa shape index (κ1) is 27.0. The second-order valence-corrected chi connectivity index (χ2v) is 7.93. The SMILES string of the molecule is CCNC(=S)NN=C(C(=NNC(=S)NCC(F)(F)F)c1ccccc1)c1ccc(N(C)C)cc1. The van der Waals surface area contributed by atoms with E-state index in [2.05, 4.69) is 31.7 Å². The summed E-state index contributed by atoms with van der Waals surface area (Å²) >= 11 is 10.2. The van der Waals surface area contributed by atoms with Crippen molar-refractivity contribution in [2.24, 2.45) is 10.2 Å². The van der Waals surface area contributed by atoms with Gasteiger partial charge in [0, 0.05) is 37.5 Å². The molecule has 0 amide bonds. The molecule has 12 heteroatoms. The zero-order chi connectivity index (χ0) is 25.1. The fourth-order valence-corrected chi connectivity index (χ4v) is 2.96. The number of benzene rings is 2. The van der Waals surface area contributed by atoms with Crippen LogP contribution in [0.3, 0.4) is 0 Å². The summed E-state index contributed by atoms with van der Waals surface area (Å²) in [6, 6.07) is 16.6. The summed E-state index contributed by atoms with van der Waals surface area (Å²) in [7, 11) is 3.85. The van der Waals surface area contributed by atoms with Crippen LogP contribution in [0.25, 0.3) is 0 Å². The van der Waals surface area contributed by atoms with E-state index in [1.807, 2.05) is 68.4 Å². The quantitative estimate of drug-likeness (QED) is 0.247. The minimum Gasteiger partial charge on any atom is -0.378 e. The van der Waals surface area contributed by atoms with E-state index >= 15 is 0 Å². The van der Waals surface area contributed by atoms with Gasteiger partial charge in [-0.1, -0.05) is 42.5 Å². The summed E-state index contributed by atoms with van der Waals surface area (Å²) in [6.07, 6.45) is -4.41. The highest BCUT2D eigenvalue weighted by Crippen LogP contribution is 2.16. The predicted octanol–water partition coefficient (Wildman–Crippen LogP) is 3.37. The first-order valence-corrected chi connectivity index (χ1v) is 11.1. The Bertz CT molecular complexity index is 1020. The molecule has 0 aromatic heterocycles. The van der Waals surface area contributed by atoms with Gasteiger partial charge in [-0.25, -0.2) is 0 Å². The molecule has 0 fully saturated rings. The molecule has 0 atom stereocenters. The third kappa shape index (κ3) is 8.94. The van der Waals surface area contributed by atoms with Gasteiger partial charge in [-0.05, 0) is 43.5 Å². The van der Waals surface area contributed by atoms with Gasteiger partial charge in [0.1, 0.15) is 18.0 Å². The van der Waals surface area contributed by atoms with E-state index in [9.17, 15) is 13.2 Å². The van der Waals surface area contributed by atoms with Crippen LogP contribution in [-0.2, 0) is 0 Å². The number of anilines is 1. The van der Waals surface area contributed by atoms with E-state index in [-0.39, 0.29) is 5.11 Å². The van der Waals surface area contributed by atoms with Gasteiger partial charge in [0.15, 0.2) is 10.2 Å². The molecule has 2 aromatic rings. The predicted molar refractivity (Wildman–Crippen MR) is 139 cm³/mol. The molecule has 4 N–H and O–H groups in total. The zero-order valence-electron chi connectivity index (χ0n) is 18.9. The molecule has 7 nitrogen and oxygen atoms in total. The van der Waals surface area contributed by atoms with Crippen molar-refractivity contribution in [3.8, 4) is 0 Å². The van der Waals surface area contributed by atoms with E-state index in [1.54, 1.807) is 12.1 Å². The largest absolute Gasteiger partial charge is 0.405 e. The van der Waals surface area contributed by atoms with Crippen molar-refractivity contribution >= 4 is 51.8 Å². The third-order valence-corrected chi connectivity index (χ3v) is 4.73. The van der Waals surface area contributed by atoms with Crippen LogP contribution in [0.15, 0.2) is 64.8 Å². The van der Waals surface area contributed by atoms with Crippen molar-refractivity contribution < 1.29 is 13.2 Å². The minimum atomic E-state index is -4.41. The Morgan fingerprint density at radius 1 is 0.824 bits per heavy atom. The van der Waals surface area contributed by atoms with Crippen LogP contribution >= 0.6 is 24.4 Å². The lowest BCUT2D eigenvalue weighted by molar-refractivity contribution is -0.122. The number of nitrogens with one attached hydrogen (secondary N) is 4. The topological polar surface area (TPSA) is 76.1 Å². The summed E-state index contributed by atoms with van der Waals surface area (Å²) in [4.78, 5) is 1.96. The minimum absolute atomic E-state index is 0.274. The van der Waals surface area contributed by atoms with Crippen LogP contribution in [0.5, 0.6) is 0 Å². The Morgan fingerprint density at radius 2 is 1.32 bits per heavy atom. The Kier molecular flexibility index (Phi) is 10.2. The Labute approximate surface area is 207 Å². The second-order valence-electron chi connectivity index (χ2n) is 7.11. The summed E-state index contributed by atoms with van der Waals surface area (Å²) in [5, 5.41) is 13.8. The van der Waals surface area contributed by atoms with E-state index in [0.29, 0.717) is 34.2 Å².